The number of fused-ring (bicyclic) bond motifs is 1. The topological polar surface area (TPSA) is 84.0 Å². The quantitative estimate of drug-likeness (QED) is 0.803. The van der Waals surface area contributed by atoms with E-state index in [1.807, 2.05) is 13.0 Å². The van der Waals surface area contributed by atoms with E-state index in [9.17, 15) is 0 Å². The predicted molar refractivity (Wildman–Crippen MR) is 66.9 cm³/mol. The Kier molecular flexibility index (Phi) is 2.69. The first kappa shape index (κ1) is 11.5. The summed E-state index contributed by atoms with van der Waals surface area (Å²) in [6.07, 6.45) is 1.21. The molecule has 2 aliphatic rings. The number of nitrogens with zero attached hydrogens (tertiary/aromatic N) is 2. The van der Waals surface area contributed by atoms with Gasteiger partial charge in [0, 0.05) is 24.3 Å². The van der Waals surface area contributed by atoms with Crippen molar-refractivity contribution in [3.8, 4) is 6.07 Å². The average Bonchev–Trinajstić information content (AvgIpc) is 2.81. The van der Waals surface area contributed by atoms with Gasteiger partial charge < -0.3 is 15.8 Å². The lowest BCUT2D eigenvalue weighted by Gasteiger charge is -2.45. The summed E-state index contributed by atoms with van der Waals surface area (Å²) in [5, 5.41) is 12.4. The molecule has 3 N–H and O–H groups in total. The Balaban J connectivity index is 1.81. The first-order chi connectivity index (χ1) is 8.70. The molecule has 94 valence electrons. The molecule has 2 fully saturated rings. The van der Waals surface area contributed by atoms with Crippen LogP contribution in [0.15, 0.2) is 12.1 Å². The number of aryl methyl sites for hydroxylation is 1. The molecule has 1 saturated heterocycles. The van der Waals surface area contributed by atoms with Crippen molar-refractivity contribution in [3.63, 3.8) is 0 Å². The van der Waals surface area contributed by atoms with E-state index in [2.05, 4.69) is 16.4 Å². The van der Waals surface area contributed by atoms with E-state index >= 15 is 0 Å². The number of hydrogen-bond acceptors (Lipinski definition) is 5. The lowest BCUT2D eigenvalue weighted by atomic mass is 9.72. The Hall–Kier alpha value is -1.64. The van der Waals surface area contributed by atoms with Crippen LogP contribution in [-0.4, -0.2) is 29.8 Å². The molecule has 5 nitrogen and oxygen atoms in total. The molecule has 0 aromatic carbocycles. The van der Waals surface area contributed by atoms with E-state index in [0.717, 1.165) is 18.7 Å². The number of nitrogens with one attached hydrogen (secondary N) is 1. The molecule has 1 saturated carbocycles. The second kappa shape index (κ2) is 4.23. The molecule has 18 heavy (non-hydrogen) atoms. The molecule has 1 aromatic rings. The summed E-state index contributed by atoms with van der Waals surface area (Å²) in [5.74, 6) is 1.07. The molecule has 1 aliphatic heterocycles. The molecule has 0 spiro atoms. The van der Waals surface area contributed by atoms with Crippen LogP contribution in [0.3, 0.4) is 0 Å². The third-order valence-electron chi connectivity index (χ3n) is 3.90. The Morgan fingerprint density at radius 3 is 3.17 bits per heavy atom. The van der Waals surface area contributed by atoms with Gasteiger partial charge in [0.25, 0.3) is 0 Å². The maximum Gasteiger partial charge on any atom is 0.144 e. The normalized spacial score (nSPS) is 33.4. The molecule has 0 amide bonds. The van der Waals surface area contributed by atoms with E-state index in [-0.39, 0.29) is 18.2 Å². The smallest absolute Gasteiger partial charge is 0.144 e. The Morgan fingerprint density at radius 1 is 1.56 bits per heavy atom. The number of nitriles is 1. The van der Waals surface area contributed by atoms with Crippen LogP contribution in [0.2, 0.25) is 0 Å². The van der Waals surface area contributed by atoms with Gasteiger partial charge in [-0.25, -0.2) is 4.98 Å². The number of nitrogens with two attached hydrogens (primary N) is 1. The average molecular weight is 244 g/mol. The summed E-state index contributed by atoms with van der Waals surface area (Å²) < 4.78 is 5.66. The summed E-state index contributed by atoms with van der Waals surface area (Å²) in [7, 11) is 0. The zero-order valence-corrected chi connectivity index (χ0v) is 10.3. The minimum Gasteiger partial charge on any atom is -0.376 e. The highest BCUT2D eigenvalue weighted by Gasteiger charge is 2.52. The van der Waals surface area contributed by atoms with Gasteiger partial charge in [-0.2, -0.15) is 5.26 Å². The van der Waals surface area contributed by atoms with Crippen molar-refractivity contribution in [1.82, 2.24) is 4.98 Å². The Labute approximate surface area is 106 Å². The second-order valence-corrected chi connectivity index (χ2v) is 5.00. The van der Waals surface area contributed by atoms with Crippen LogP contribution in [0.5, 0.6) is 0 Å². The number of hydrogen-bond donors (Lipinski definition) is 2. The van der Waals surface area contributed by atoms with Gasteiger partial charge in [-0.1, -0.05) is 0 Å². The van der Waals surface area contributed by atoms with Crippen molar-refractivity contribution in [3.05, 3.63) is 23.4 Å². The minimum absolute atomic E-state index is 0.0684. The van der Waals surface area contributed by atoms with E-state index in [1.165, 1.54) is 0 Å². The third-order valence-corrected chi connectivity index (χ3v) is 3.90. The van der Waals surface area contributed by atoms with Crippen molar-refractivity contribution >= 4 is 5.82 Å². The first-order valence-electron chi connectivity index (χ1n) is 6.22. The van der Waals surface area contributed by atoms with Crippen LogP contribution in [0.4, 0.5) is 5.82 Å². The van der Waals surface area contributed by atoms with E-state index in [0.29, 0.717) is 17.3 Å². The van der Waals surface area contributed by atoms with Crippen molar-refractivity contribution < 1.29 is 4.74 Å². The van der Waals surface area contributed by atoms with Crippen LogP contribution >= 0.6 is 0 Å². The van der Waals surface area contributed by atoms with Gasteiger partial charge in [0.1, 0.15) is 11.9 Å². The fourth-order valence-corrected chi connectivity index (χ4v) is 2.84. The van der Waals surface area contributed by atoms with Crippen LogP contribution in [-0.2, 0) is 4.74 Å². The molecule has 0 radical (unpaired) electrons. The van der Waals surface area contributed by atoms with Gasteiger partial charge in [0.15, 0.2) is 0 Å². The molecule has 5 heteroatoms. The van der Waals surface area contributed by atoms with Crippen LogP contribution in [0.1, 0.15) is 17.7 Å². The minimum atomic E-state index is 0.0684. The van der Waals surface area contributed by atoms with E-state index in [1.54, 1.807) is 6.07 Å². The molecule has 1 aromatic heterocycles. The van der Waals surface area contributed by atoms with Crippen molar-refractivity contribution in [2.75, 3.05) is 11.9 Å². The maximum atomic E-state index is 9.07. The highest BCUT2D eigenvalue weighted by atomic mass is 16.5. The molecule has 0 bridgehead atoms. The maximum absolute atomic E-state index is 9.07. The SMILES string of the molecule is Cc1ccc(C#N)c(NC2C(N)C3CCOC32)n1. The largest absolute Gasteiger partial charge is 0.376 e. The summed E-state index contributed by atoms with van der Waals surface area (Å²) in [5.41, 5.74) is 7.57. The predicted octanol–water partition coefficient (Wildman–Crippen LogP) is 0.788. The van der Waals surface area contributed by atoms with Crippen LogP contribution < -0.4 is 11.1 Å². The summed E-state index contributed by atoms with van der Waals surface area (Å²) in [4.78, 5) is 4.37. The van der Waals surface area contributed by atoms with Crippen LogP contribution in [0, 0.1) is 24.2 Å². The molecular formula is C13H16N4O. The van der Waals surface area contributed by atoms with Gasteiger partial charge in [0.2, 0.25) is 0 Å². The summed E-state index contributed by atoms with van der Waals surface area (Å²) >= 11 is 0. The van der Waals surface area contributed by atoms with E-state index in [4.69, 9.17) is 15.7 Å². The lowest BCUT2D eigenvalue weighted by Crippen LogP contribution is -2.65. The van der Waals surface area contributed by atoms with E-state index < -0.39 is 0 Å². The summed E-state index contributed by atoms with van der Waals surface area (Å²) in [6.45, 7) is 2.69. The number of aromatic nitrogens is 1. The highest BCUT2D eigenvalue weighted by molar-refractivity contribution is 5.53. The molecule has 3 rings (SSSR count). The molecule has 4 unspecified atom stereocenters. The Morgan fingerprint density at radius 2 is 2.39 bits per heavy atom. The van der Waals surface area contributed by atoms with Crippen molar-refractivity contribution in [2.24, 2.45) is 11.7 Å². The monoisotopic (exact) mass is 244 g/mol. The van der Waals surface area contributed by atoms with Crippen LogP contribution in [0.25, 0.3) is 0 Å². The van der Waals surface area contributed by atoms with Gasteiger partial charge >= 0.3 is 0 Å². The standard InChI is InChI=1S/C13H16N4O/c1-7-2-3-8(6-14)13(16-7)17-11-10(15)9-4-5-18-12(9)11/h2-3,9-12H,4-5,15H2,1H3,(H,16,17). The molecule has 4 atom stereocenters. The van der Waals surface area contributed by atoms with Gasteiger partial charge in [-0.05, 0) is 25.5 Å². The van der Waals surface area contributed by atoms with Gasteiger partial charge in [0.05, 0.1) is 17.7 Å². The zero-order valence-electron chi connectivity index (χ0n) is 10.3. The fourth-order valence-electron chi connectivity index (χ4n) is 2.84. The first-order valence-corrected chi connectivity index (χ1v) is 6.22. The second-order valence-electron chi connectivity index (χ2n) is 5.00. The molecule has 2 heterocycles. The third kappa shape index (κ3) is 1.65. The zero-order chi connectivity index (χ0) is 12.7. The van der Waals surface area contributed by atoms with Crippen molar-refractivity contribution in [1.29, 1.82) is 5.26 Å². The highest BCUT2D eigenvalue weighted by Crippen LogP contribution is 2.39. The fraction of sp³-hybridized carbons (Fsp3) is 0.538. The lowest BCUT2D eigenvalue weighted by molar-refractivity contribution is 0.00523. The van der Waals surface area contributed by atoms with Gasteiger partial charge in [-0.15, -0.1) is 0 Å². The molecule has 1 aliphatic carbocycles. The number of anilines is 1. The van der Waals surface area contributed by atoms with Crippen molar-refractivity contribution in [2.45, 2.75) is 31.5 Å². The number of rotatable bonds is 2. The Bertz CT molecular complexity index is 510. The van der Waals surface area contributed by atoms with Gasteiger partial charge in [-0.3, -0.25) is 0 Å². The number of ether oxygens (including phenoxy) is 1. The molecular weight excluding hydrogens is 228 g/mol. The summed E-state index contributed by atoms with van der Waals surface area (Å²) in [6, 6.07) is 5.91. The number of pyridine rings is 1.